The number of hydrogen-bond acceptors (Lipinski definition) is 5. The molecular formula is C24H30N2O3S. The van der Waals surface area contributed by atoms with Crippen molar-refractivity contribution in [1.82, 2.24) is 9.80 Å². The van der Waals surface area contributed by atoms with Crippen LogP contribution in [-0.4, -0.2) is 52.8 Å². The van der Waals surface area contributed by atoms with Gasteiger partial charge in [-0.1, -0.05) is 37.6 Å². The molecule has 1 aliphatic rings. The van der Waals surface area contributed by atoms with Gasteiger partial charge in [0.15, 0.2) is 0 Å². The minimum Gasteiger partial charge on any atom is -0.507 e. The third-order valence-electron chi connectivity index (χ3n) is 5.77. The number of carbonyl (C=O) groups excluding carboxylic acids is 2. The predicted molar refractivity (Wildman–Crippen MR) is 122 cm³/mol. The predicted octanol–water partition coefficient (Wildman–Crippen LogP) is 4.52. The number of rotatable bonds is 8. The third kappa shape index (κ3) is 4.35. The molecule has 1 aromatic heterocycles. The number of aryl methyl sites for hydroxylation is 2. The molecule has 0 unspecified atom stereocenters. The Kier molecular flexibility index (Phi) is 7.10. The Labute approximate surface area is 182 Å². The number of carbonyl (C=O) groups is 2. The maximum Gasteiger partial charge on any atom is 0.295 e. The summed E-state index contributed by atoms with van der Waals surface area (Å²) in [4.78, 5) is 30.8. The topological polar surface area (TPSA) is 60.9 Å². The van der Waals surface area contributed by atoms with Crippen molar-refractivity contribution in [3.63, 3.8) is 0 Å². The third-order valence-corrected chi connectivity index (χ3v) is 6.69. The van der Waals surface area contributed by atoms with E-state index in [2.05, 4.69) is 18.7 Å². The second-order valence-electron chi connectivity index (χ2n) is 7.71. The second kappa shape index (κ2) is 9.58. The first-order valence-corrected chi connectivity index (χ1v) is 11.4. The number of Topliss-reactive ketones (excluding diaryl/α,β-unsaturated/α-hetero) is 1. The summed E-state index contributed by atoms with van der Waals surface area (Å²) in [5.74, 6) is -1.21. The highest BCUT2D eigenvalue weighted by Gasteiger charge is 2.46. The first kappa shape index (κ1) is 22.2. The van der Waals surface area contributed by atoms with Gasteiger partial charge in [-0.2, -0.15) is 0 Å². The van der Waals surface area contributed by atoms with Crippen LogP contribution in [0, 0.1) is 13.8 Å². The average molecular weight is 427 g/mol. The van der Waals surface area contributed by atoms with Gasteiger partial charge in [-0.05, 0) is 63.0 Å². The summed E-state index contributed by atoms with van der Waals surface area (Å²) in [5.41, 5.74) is 2.66. The molecule has 0 radical (unpaired) electrons. The number of thiophene rings is 1. The number of benzene rings is 1. The van der Waals surface area contributed by atoms with Gasteiger partial charge in [0.05, 0.1) is 11.6 Å². The van der Waals surface area contributed by atoms with E-state index in [1.165, 1.54) is 11.3 Å². The molecule has 1 atom stereocenters. The van der Waals surface area contributed by atoms with Crippen molar-refractivity contribution in [3.8, 4) is 0 Å². The molecule has 1 N–H and O–H groups in total. The lowest BCUT2D eigenvalue weighted by atomic mass is 9.96. The van der Waals surface area contributed by atoms with Crippen LogP contribution in [0.15, 0.2) is 41.3 Å². The fraction of sp³-hybridized carbons (Fsp3) is 0.417. The van der Waals surface area contributed by atoms with Crippen LogP contribution in [0.1, 0.15) is 47.9 Å². The zero-order valence-corrected chi connectivity index (χ0v) is 19.0. The molecule has 2 aromatic rings. The van der Waals surface area contributed by atoms with Gasteiger partial charge in [0.2, 0.25) is 0 Å². The number of ketones is 1. The largest absolute Gasteiger partial charge is 0.507 e. The SMILES string of the molecule is CCN(CC)CCCN1C(=O)C(=O)/C(=C(/O)c2cc(C)ccc2C)[C@@H]1c1cccs1. The lowest BCUT2D eigenvalue weighted by Crippen LogP contribution is -2.33. The Morgan fingerprint density at radius 2 is 1.90 bits per heavy atom. The standard InChI is InChI=1S/C24H30N2O3S/c1-5-25(6-2)12-8-13-26-21(19-9-7-14-30-19)20(23(28)24(26)29)22(27)18-15-16(3)10-11-17(18)4/h7,9-11,14-15,21,27H,5-6,8,12-13H2,1-4H3/b22-20+/t21-/m0/s1. The van der Waals surface area contributed by atoms with E-state index in [0.717, 1.165) is 42.1 Å². The van der Waals surface area contributed by atoms with Gasteiger partial charge in [-0.15, -0.1) is 11.3 Å². The van der Waals surface area contributed by atoms with Gasteiger partial charge < -0.3 is 14.9 Å². The number of hydrogen-bond donors (Lipinski definition) is 1. The van der Waals surface area contributed by atoms with Crippen LogP contribution in [-0.2, 0) is 9.59 Å². The van der Waals surface area contributed by atoms with E-state index in [-0.39, 0.29) is 11.3 Å². The average Bonchev–Trinajstić information content (AvgIpc) is 3.35. The molecule has 2 heterocycles. The highest BCUT2D eigenvalue weighted by atomic mass is 32.1. The van der Waals surface area contributed by atoms with Gasteiger partial charge in [0.25, 0.3) is 11.7 Å². The van der Waals surface area contributed by atoms with Crippen molar-refractivity contribution >= 4 is 28.8 Å². The molecule has 6 heteroatoms. The number of aliphatic hydroxyl groups excluding tert-OH is 1. The van der Waals surface area contributed by atoms with Crippen molar-refractivity contribution < 1.29 is 14.7 Å². The van der Waals surface area contributed by atoms with E-state index in [1.54, 1.807) is 4.90 Å². The molecule has 1 aromatic carbocycles. The van der Waals surface area contributed by atoms with E-state index >= 15 is 0 Å². The number of likely N-dealkylation sites (tertiary alicyclic amines) is 1. The molecular weight excluding hydrogens is 396 g/mol. The highest BCUT2D eigenvalue weighted by molar-refractivity contribution is 7.10. The molecule has 160 valence electrons. The molecule has 1 aliphatic heterocycles. The number of amides is 1. The van der Waals surface area contributed by atoms with Crippen LogP contribution in [0.25, 0.3) is 5.76 Å². The molecule has 1 saturated heterocycles. The molecule has 3 rings (SSSR count). The Bertz CT molecular complexity index is 945. The molecule has 1 amide bonds. The van der Waals surface area contributed by atoms with Gasteiger partial charge in [0, 0.05) is 17.0 Å². The summed E-state index contributed by atoms with van der Waals surface area (Å²) in [6.45, 7) is 11.3. The van der Waals surface area contributed by atoms with Gasteiger partial charge >= 0.3 is 0 Å². The molecule has 30 heavy (non-hydrogen) atoms. The Hall–Kier alpha value is -2.44. The van der Waals surface area contributed by atoms with Crippen molar-refractivity contribution in [2.45, 2.75) is 40.2 Å². The quantitative estimate of drug-likeness (QED) is 0.383. The van der Waals surface area contributed by atoms with Crippen molar-refractivity contribution in [2.24, 2.45) is 0 Å². The van der Waals surface area contributed by atoms with E-state index in [4.69, 9.17) is 0 Å². The summed E-state index contributed by atoms with van der Waals surface area (Å²) in [5, 5.41) is 13.1. The maximum atomic E-state index is 13.0. The van der Waals surface area contributed by atoms with Crippen LogP contribution in [0.3, 0.4) is 0 Å². The molecule has 0 saturated carbocycles. The van der Waals surface area contributed by atoms with Crippen LogP contribution in [0.2, 0.25) is 0 Å². The van der Waals surface area contributed by atoms with Crippen LogP contribution >= 0.6 is 11.3 Å². The van der Waals surface area contributed by atoms with Crippen molar-refractivity contribution in [2.75, 3.05) is 26.2 Å². The normalized spacial score (nSPS) is 18.6. The minimum absolute atomic E-state index is 0.0841. The monoisotopic (exact) mass is 426 g/mol. The first-order chi connectivity index (χ1) is 14.4. The Morgan fingerprint density at radius 1 is 1.17 bits per heavy atom. The minimum atomic E-state index is -0.602. The lowest BCUT2D eigenvalue weighted by molar-refractivity contribution is -0.139. The Morgan fingerprint density at radius 3 is 2.53 bits per heavy atom. The molecule has 0 aliphatic carbocycles. The highest BCUT2D eigenvalue weighted by Crippen LogP contribution is 2.41. The van der Waals surface area contributed by atoms with Crippen molar-refractivity contribution in [3.05, 3.63) is 62.9 Å². The zero-order chi connectivity index (χ0) is 21.8. The summed E-state index contributed by atoms with van der Waals surface area (Å²) < 4.78 is 0. The van der Waals surface area contributed by atoms with Gasteiger partial charge in [-0.3, -0.25) is 9.59 Å². The number of aliphatic hydroxyl groups is 1. The van der Waals surface area contributed by atoms with Crippen LogP contribution in [0.5, 0.6) is 0 Å². The Balaban J connectivity index is 2.01. The van der Waals surface area contributed by atoms with Gasteiger partial charge in [0.1, 0.15) is 5.76 Å². The first-order valence-electron chi connectivity index (χ1n) is 10.5. The van der Waals surface area contributed by atoms with Crippen LogP contribution in [0.4, 0.5) is 0 Å². The molecule has 0 spiro atoms. The van der Waals surface area contributed by atoms with E-state index in [0.29, 0.717) is 12.1 Å². The zero-order valence-electron chi connectivity index (χ0n) is 18.1. The smallest absolute Gasteiger partial charge is 0.295 e. The molecule has 0 bridgehead atoms. The fourth-order valence-corrected chi connectivity index (χ4v) is 4.84. The number of nitrogens with zero attached hydrogens (tertiary/aromatic N) is 2. The van der Waals surface area contributed by atoms with E-state index in [1.807, 2.05) is 49.6 Å². The summed E-state index contributed by atoms with van der Waals surface area (Å²) >= 11 is 1.50. The molecule has 5 nitrogen and oxygen atoms in total. The van der Waals surface area contributed by atoms with Crippen LogP contribution < -0.4 is 0 Å². The lowest BCUT2D eigenvalue weighted by Gasteiger charge is -2.26. The van der Waals surface area contributed by atoms with Gasteiger partial charge in [-0.25, -0.2) is 0 Å². The second-order valence-corrected chi connectivity index (χ2v) is 8.69. The van der Waals surface area contributed by atoms with E-state index in [9.17, 15) is 14.7 Å². The summed E-state index contributed by atoms with van der Waals surface area (Å²) in [6.07, 6.45) is 0.778. The maximum absolute atomic E-state index is 13.0. The fourth-order valence-electron chi connectivity index (χ4n) is 3.99. The van der Waals surface area contributed by atoms with Crippen molar-refractivity contribution in [1.29, 1.82) is 0 Å². The van der Waals surface area contributed by atoms with E-state index < -0.39 is 17.7 Å². The summed E-state index contributed by atoms with van der Waals surface area (Å²) in [7, 11) is 0. The molecule has 1 fully saturated rings. The summed E-state index contributed by atoms with van der Waals surface area (Å²) in [6, 6.07) is 9.05.